The fourth-order valence-electron chi connectivity index (χ4n) is 2.64. The maximum Gasteiger partial charge on any atom is 0.0914 e. The molecule has 18 heavy (non-hydrogen) atoms. The Hall–Kier alpha value is -0.900. The number of aliphatic hydroxyl groups is 1. The SMILES string of the molecule is CC1CC(NCC(O)c2ccccc2)CC(C)O1. The summed E-state index contributed by atoms with van der Waals surface area (Å²) in [5.41, 5.74) is 0.971. The molecule has 0 aromatic heterocycles. The Labute approximate surface area is 109 Å². The van der Waals surface area contributed by atoms with Gasteiger partial charge in [-0.15, -0.1) is 0 Å². The summed E-state index contributed by atoms with van der Waals surface area (Å²) in [4.78, 5) is 0. The van der Waals surface area contributed by atoms with Crippen LogP contribution in [0.25, 0.3) is 0 Å². The summed E-state index contributed by atoms with van der Waals surface area (Å²) < 4.78 is 5.71. The lowest BCUT2D eigenvalue weighted by Gasteiger charge is -2.33. The number of ether oxygens (including phenoxy) is 1. The smallest absolute Gasteiger partial charge is 0.0914 e. The predicted molar refractivity (Wildman–Crippen MR) is 72.4 cm³/mol. The first-order valence-corrected chi connectivity index (χ1v) is 6.77. The van der Waals surface area contributed by atoms with E-state index in [1.807, 2.05) is 30.3 Å². The van der Waals surface area contributed by atoms with Gasteiger partial charge in [-0.1, -0.05) is 30.3 Å². The van der Waals surface area contributed by atoms with Crippen LogP contribution >= 0.6 is 0 Å². The summed E-state index contributed by atoms with van der Waals surface area (Å²) in [6, 6.07) is 10.2. The monoisotopic (exact) mass is 249 g/mol. The van der Waals surface area contributed by atoms with Crippen LogP contribution in [0.15, 0.2) is 30.3 Å². The molecular weight excluding hydrogens is 226 g/mol. The molecule has 1 aromatic carbocycles. The van der Waals surface area contributed by atoms with Gasteiger partial charge in [-0.05, 0) is 32.3 Å². The van der Waals surface area contributed by atoms with Crippen LogP contribution in [-0.2, 0) is 4.74 Å². The first-order chi connectivity index (χ1) is 8.65. The molecule has 1 heterocycles. The standard InChI is InChI=1S/C15H23NO2/c1-11-8-14(9-12(2)18-11)16-10-15(17)13-6-4-3-5-7-13/h3-7,11-12,14-17H,8-10H2,1-2H3. The minimum absolute atomic E-state index is 0.306. The fourth-order valence-corrected chi connectivity index (χ4v) is 2.64. The van der Waals surface area contributed by atoms with Crippen LogP contribution in [0.1, 0.15) is 38.4 Å². The molecule has 0 amide bonds. The summed E-state index contributed by atoms with van der Waals surface area (Å²) in [5, 5.41) is 13.5. The van der Waals surface area contributed by atoms with Crippen molar-refractivity contribution in [3.8, 4) is 0 Å². The van der Waals surface area contributed by atoms with Gasteiger partial charge in [-0.3, -0.25) is 0 Å². The highest BCUT2D eigenvalue weighted by molar-refractivity contribution is 5.17. The number of aliphatic hydroxyl groups excluding tert-OH is 1. The van der Waals surface area contributed by atoms with Gasteiger partial charge in [0.15, 0.2) is 0 Å². The van der Waals surface area contributed by atoms with Crippen LogP contribution in [0.3, 0.4) is 0 Å². The molecule has 1 saturated heterocycles. The van der Waals surface area contributed by atoms with E-state index in [0.717, 1.165) is 18.4 Å². The van der Waals surface area contributed by atoms with Crippen LogP contribution in [0.2, 0.25) is 0 Å². The van der Waals surface area contributed by atoms with E-state index in [4.69, 9.17) is 4.74 Å². The van der Waals surface area contributed by atoms with Crippen molar-refractivity contribution in [2.24, 2.45) is 0 Å². The van der Waals surface area contributed by atoms with E-state index in [1.54, 1.807) is 0 Å². The van der Waals surface area contributed by atoms with Crippen LogP contribution in [0, 0.1) is 0 Å². The van der Waals surface area contributed by atoms with Crippen molar-refractivity contribution < 1.29 is 9.84 Å². The maximum atomic E-state index is 10.1. The average Bonchev–Trinajstić information content (AvgIpc) is 2.36. The van der Waals surface area contributed by atoms with Gasteiger partial charge in [0.05, 0.1) is 18.3 Å². The van der Waals surface area contributed by atoms with Crippen molar-refractivity contribution in [3.05, 3.63) is 35.9 Å². The van der Waals surface area contributed by atoms with Crippen LogP contribution in [-0.4, -0.2) is 29.9 Å². The molecule has 3 unspecified atom stereocenters. The lowest BCUT2D eigenvalue weighted by molar-refractivity contribution is -0.0433. The highest BCUT2D eigenvalue weighted by Gasteiger charge is 2.24. The Bertz CT molecular complexity index is 345. The van der Waals surface area contributed by atoms with Gasteiger partial charge in [0.25, 0.3) is 0 Å². The third-order valence-corrected chi connectivity index (χ3v) is 3.48. The van der Waals surface area contributed by atoms with E-state index in [-0.39, 0.29) is 0 Å². The molecule has 0 aliphatic carbocycles. The van der Waals surface area contributed by atoms with Crippen molar-refractivity contribution in [2.75, 3.05) is 6.54 Å². The van der Waals surface area contributed by atoms with E-state index in [9.17, 15) is 5.11 Å². The molecule has 0 saturated carbocycles. The molecule has 0 radical (unpaired) electrons. The Balaban J connectivity index is 1.81. The second kappa shape index (κ2) is 6.32. The van der Waals surface area contributed by atoms with Gasteiger partial charge < -0.3 is 15.2 Å². The molecule has 3 heteroatoms. The highest BCUT2D eigenvalue weighted by Crippen LogP contribution is 2.20. The highest BCUT2D eigenvalue weighted by atomic mass is 16.5. The molecule has 2 rings (SSSR count). The topological polar surface area (TPSA) is 41.5 Å². The molecule has 1 aliphatic rings. The molecule has 1 fully saturated rings. The van der Waals surface area contributed by atoms with Gasteiger partial charge in [-0.2, -0.15) is 0 Å². The van der Waals surface area contributed by atoms with E-state index in [2.05, 4.69) is 19.2 Å². The van der Waals surface area contributed by atoms with E-state index >= 15 is 0 Å². The van der Waals surface area contributed by atoms with E-state index < -0.39 is 6.10 Å². The number of hydrogen-bond donors (Lipinski definition) is 2. The van der Waals surface area contributed by atoms with Crippen molar-refractivity contribution in [1.82, 2.24) is 5.32 Å². The summed E-state index contributed by atoms with van der Waals surface area (Å²) in [6.07, 6.45) is 2.22. The molecule has 2 N–H and O–H groups in total. The summed E-state index contributed by atoms with van der Waals surface area (Å²) in [7, 11) is 0. The molecule has 0 bridgehead atoms. The molecule has 100 valence electrons. The Morgan fingerprint density at radius 3 is 2.44 bits per heavy atom. The molecular formula is C15H23NO2. The van der Waals surface area contributed by atoms with Gasteiger partial charge in [-0.25, -0.2) is 0 Å². The summed E-state index contributed by atoms with van der Waals surface area (Å²) in [5.74, 6) is 0. The van der Waals surface area contributed by atoms with E-state index in [1.165, 1.54) is 0 Å². The van der Waals surface area contributed by atoms with Crippen LogP contribution < -0.4 is 5.32 Å². The first kappa shape index (κ1) is 13.5. The second-order valence-electron chi connectivity index (χ2n) is 5.26. The number of benzene rings is 1. The van der Waals surface area contributed by atoms with Crippen molar-refractivity contribution >= 4 is 0 Å². The average molecular weight is 249 g/mol. The van der Waals surface area contributed by atoms with Crippen LogP contribution in [0.4, 0.5) is 0 Å². The summed E-state index contributed by atoms with van der Waals surface area (Å²) in [6.45, 7) is 4.82. The molecule has 0 spiro atoms. The lowest BCUT2D eigenvalue weighted by Crippen LogP contribution is -2.42. The zero-order chi connectivity index (χ0) is 13.0. The fraction of sp³-hybridized carbons (Fsp3) is 0.600. The van der Waals surface area contributed by atoms with Gasteiger partial charge in [0.1, 0.15) is 0 Å². The lowest BCUT2D eigenvalue weighted by atomic mass is 9.99. The van der Waals surface area contributed by atoms with Gasteiger partial charge in [0, 0.05) is 12.6 Å². The number of rotatable bonds is 4. The second-order valence-corrected chi connectivity index (χ2v) is 5.26. The van der Waals surface area contributed by atoms with Crippen molar-refractivity contribution in [1.29, 1.82) is 0 Å². The third kappa shape index (κ3) is 3.80. The van der Waals surface area contributed by atoms with E-state index in [0.29, 0.717) is 24.8 Å². The first-order valence-electron chi connectivity index (χ1n) is 6.77. The Kier molecular flexibility index (Phi) is 4.75. The normalized spacial score (nSPS) is 30.1. The Morgan fingerprint density at radius 1 is 1.22 bits per heavy atom. The number of hydrogen-bond acceptors (Lipinski definition) is 3. The molecule has 3 nitrogen and oxygen atoms in total. The van der Waals surface area contributed by atoms with Gasteiger partial charge >= 0.3 is 0 Å². The van der Waals surface area contributed by atoms with Crippen molar-refractivity contribution in [2.45, 2.75) is 51.0 Å². The number of nitrogens with one attached hydrogen (secondary N) is 1. The molecule has 3 atom stereocenters. The predicted octanol–water partition coefficient (Wildman–Crippen LogP) is 2.27. The van der Waals surface area contributed by atoms with Crippen molar-refractivity contribution in [3.63, 3.8) is 0 Å². The molecule has 1 aromatic rings. The zero-order valence-corrected chi connectivity index (χ0v) is 11.2. The minimum atomic E-state index is -0.431. The third-order valence-electron chi connectivity index (χ3n) is 3.48. The van der Waals surface area contributed by atoms with Crippen LogP contribution in [0.5, 0.6) is 0 Å². The zero-order valence-electron chi connectivity index (χ0n) is 11.2. The largest absolute Gasteiger partial charge is 0.387 e. The van der Waals surface area contributed by atoms with Gasteiger partial charge in [0.2, 0.25) is 0 Å². The summed E-state index contributed by atoms with van der Waals surface area (Å²) >= 11 is 0. The maximum absolute atomic E-state index is 10.1. The minimum Gasteiger partial charge on any atom is -0.387 e. The quantitative estimate of drug-likeness (QED) is 0.860. The molecule has 1 aliphatic heterocycles. The Morgan fingerprint density at radius 2 is 1.83 bits per heavy atom.